The van der Waals surface area contributed by atoms with Crippen molar-refractivity contribution in [3.8, 4) is 0 Å². The molecule has 1 fully saturated rings. The molecule has 1 aliphatic rings. The van der Waals surface area contributed by atoms with E-state index in [0.29, 0.717) is 19.4 Å². The highest BCUT2D eigenvalue weighted by molar-refractivity contribution is 5.86. The van der Waals surface area contributed by atoms with Gasteiger partial charge in [0.05, 0.1) is 25.9 Å². The quantitative estimate of drug-likeness (QED) is 0.816. The van der Waals surface area contributed by atoms with Gasteiger partial charge in [-0.25, -0.2) is 4.98 Å². The summed E-state index contributed by atoms with van der Waals surface area (Å²) >= 11 is 0. The fourth-order valence-electron chi connectivity index (χ4n) is 2.97. The second-order valence-electron chi connectivity index (χ2n) is 5.96. The van der Waals surface area contributed by atoms with E-state index >= 15 is 0 Å². The van der Waals surface area contributed by atoms with E-state index in [1.807, 2.05) is 5.32 Å². The number of amides is 2. The van der Waals surface area contributed by atoms with Crippen LogP contribution in [-0.2, 0) is 19.9 Å². The minimum atomic E-state index is -4.51. The third-order valence-corrected chi connectivity index (χ3v) is 4.21. The summed E-state index contributed by atoms with van der Waals surface area (Å²) in [6.07, 6.45) is 0.823. The van der Waals surface area contributed by atoms with E-state index in [-0.39, 0.29) is 25.5 Å². The second-order valence-corrected chi connectivity index (χ2v) is 5.96. The first-order valence-electron chi connectivity index (χ1n) is 7.89. The van der Waals surface area contributed by atoms with Crippen molar-refractivity contribution in [3.05, 3.63) is 18.7 Å². The van der Waals surface area contributed by atoms with Gasteiger partial charge in [-0.2, -0.15) is 13.2 Å². The standard InChI is InChI=1S/C15H21F3N4O3/c1-25-8-3-12(23)21-6-2-4-14(10-21,22-7-5-19-11-22)13(24)20-9-15(16,17)18/h5,7,11H,2-4,6,8-10H2,1H3,(H,20,24). The van der Waals surface area contributed by atoms with Crippen molar-refractivity contribution >= 4 is 11.8 Å². The first-order valence-corrected chi connectivity index (χ1v) is 7.89. The average molecular weight is 362 g/mol. The summed E-state index contributed by atoms with van der Waals surface area (Å²) in [6.45, 7) is -0.727. The highest BCUT2D eigenvalue weighted by Gasteiger charge is 2.45. The lowest BCUT2D eigenvalue weighted by atomic mass is 9.87. The van der Waals surface area contributed by atoms with Crippen LogP contribution >= 0.6 is 0 Å². The van der Waals surface area contributed by atoms with Gasteiger partial charge in [0, 0.05) is 26.0 Å². The number of methoxy groups -OCH3 is 1. The number of ether oxygens (including phenoxy) is 1. The Morgan fingerprint density at radius 1 is 1.40 bits per heavy atom. The monoisotopic (exact) mass is 362 g/mol. The molecule has 0 spiro atoms. The number of hydrogen-bond acceptors (Lipinski definition) is 4. The number of alkyl halides is 3. The fourth-order valence-corrected chi connectivity index (χ4v) is 2.97. The first-order chi connectivity index (χ1) is 11.8. The van der Waals surface area contributed by atoms with Crippen LogP contribution in [0.1, 0.15) is 19.3 Å². The van der Waals surface area contributed by atoms with Crippen molar-refractivity contribution in [2.45, 2.75) is 31.0 Å². The zero-order chi connectivity index (χ0) is 18.5. The number of hydrogen-bond donors (Lipinski definition) is 1. The molecule has 1 unspecified atom stereocenters. The minimum Gasteiger partial charge on any atom is -0.384 e. The topological polar surface area (TPSA) is 76.5 Å². The second kappa shape index (κ2) is 7.85. The van der Waals surface area contributed by atoms with E-state index in [2.05, 4.69) is 4.98 Å². The Hall–Kier alpha value is -2.10. The SMILES string of the molecule is COCCC(=O)N1CCCC(C(=O)NCC(F)(F)F)(n2ccnc2)C1. The van der Waals surface area contributed by atoms with Crippen LogP contribution in [0.25, 0.3) is 0 Å². The van der Waals surface area contributed by atoms with Gasteiger partial charge in [0.15, 0.2) is 0 Å². The van der Waals surface area contributed by atoms with Gasteiger partial charge >= 0.3 is 6.18 Å². The summed E-state index contributed by atoms with van der Waals surface area (Å²) in [6, 6.07) is 0. The van der Waals surface area contributed by atoms with E-state index in [1.165, 1.54) is 35.3 Å². The van der Waals surface area contributed by atoms with Crippen LogP contribution in [0.15, 0.2) is 18.7 Å². The molecule has 2 rings (SSSR count). The molecule has 1 aliphatic heterocycles. The predicted octanol–water partition coefficient (Wildman–Crippen LogP) is 0.916. The Kier molecular flexibility index (Phi) is 6.04. The molecule has 1 N–H and O–H groups in total. The van der Waals surface area contributed by atoms with Gasteiger partial charge in [0.25, 0.3) is 0 Å². The van der Waals surface area contributed by atoms with E-state index in [0.717, 1.165) is 0 Å². The number of nitrogens with one attached hydrogen (secondary N) is 1. The number of carbonyl (C=O) groups excluding carboxylic acids is 2. The Labute approximate surface area is 143 Å². The Morgan fingerprint density at radius 2 is 2.16 bits per heavy atom. The molecular formula is C15H21F3N4O3. The summed E-state index contributed by atoms with van der Waals surface area (Å²) in [5, 5.41) is 1.95. The van der Waals surface area contributed by atoms with E-state index in [1.54, 1.807) is 0 Å². The molecule has 0 aliphatic carbocycles. The number of halogens is 3. The lowest BCUT2D eigenvalue weighted by Gasteiger charge is -2.42. The third kappa shape index (κ3) is 4.71. The molecule has 2 heterocycles. The lowest BCUT2D eigenvalue weighted by molar-refractivity contribution is -0.148. The minimum absolute atomic E-state index is 0.00437. The maximum Gasteiger partial charge on any atom is 0.405 e. The van der Waals surface area contributed by atoms with Crippen molar-refractivity contribution < 1.29 is 27.5 Å². The molecule has 7 nitrogen and oxygen atoms in total. The van der Waals surface area contributed by atoms with Crippen molar-refractivity contribution in [1.29, 1.82) is 0 Å². The molecule has 0 saturated carbocycles. The highest BCUT2D eigenvalue weighted by atomic mass is 19.4. The summed E-state index contributed by atoms with van der Waals surface area (Å²) in [5.74, 6) is -0.971. The molecule has 1 saturated heterocycles. The molecular weight excluding hydrogens is 341 g/mol. The van der Waals surface area contributed by atoms with Crippen LogP contribution in [0.2, 0.25) is 0 Å². The molecule has 1 aromatic heterocycles. The van der Waals surface area contributed by atoms with Gasteiger partial charge in [0.2, 0.25) is 11.8 Å². The van der Waals surface area contributed by atoms with Crippen molar-refractivity contribution in [3.63, 3.8) is 0 Å². The largest absolute Gasteiger partial charge is 0.405 e. The predicted molar refractivity (Wildman–Crippen MR) is 81.6 cm³/mol. The molecule has 2 amide bonds. The van der Waals surface area contributed by atoms with E-state index < -0.39 is 24.2 Å². The van der Waals surface area contributed by atoms with Gasteiger partial charge in [-0.3, -0.25) is 9.59 Å². The number of likely N-dealkylation sites (tertiary alicyclic amines) is 1. The molecule has 1 aromatic rings. The number of carbonyl (C=O) groups is 2. The first kappa shape index (κ1) is 19.2. The Bertz CT molecular complexity index is 591. The number of piperidine rings is 1. The van der Waals surface area contributed by atoms with Gasteiger partial charge < -0.3 is 19.5 Å². The van der Waals surface area contributed by atoms with Crippen LogP contribution < -0.4 is 5.32 Å². The van der Waals surface area contributed by atoms with Gasteiger partial charge in [-0.05, 0) is 12.8 Å². The number of nitrogens with zero attached hydrogens (tertiary/aromatic N) is 3. The van der Waals surface area contributed by atoms with Crippen LogP contribution in [-0.4, -0.2) is 65.8 Å². The molecule has 0 radical (unpaired) electrons. The van der Waals surface area contributed by atoms with Crippen molar-refractivity contribution in [1.82, 2.24) is 19.8 Å². The molecule has 0 aromatic carbocycles. The van der Waals surface area contributed by atoms with Crippen LogP contribution in [0, 0.1) is 0 Å². The van der Waals surface area contributed by atoms with Crippen LogP contribution in [0.5, 0.6) is 0 Å². The smallest absolute Gasteiger partial charge is 0.384 e. The zero-order valence-corrected chi connectivity index (χ0v) is 13.9. The van der Waals surface area contributed by atoms with Crippen LogP contribution in [0.4, 0.5) is 13.2 Å². The third-order valence-electron chi connectivity index (χ3n) is 4.21. The summed E-state index contributed by atoms with van der Waals surface area (Å²) < 4.78 is 43.8. The van der Waals surface area contributed by atoms with Crippen molar-refractivity contribution in [2.24, 2.45) is 0 Å². The average Bonchev–Trinajstić information content (AvgIpc) is 3.12. The summed E-state index contributed by atoms with van der Waals surface area (Å²) in [7, 11) is 1.48. The van der Waals surface area contributed by atoms with E-state index in [4.69, 9.17) is 4.74 Å². The molecule has 0 bridgehead atoms. The molecule has 140 valence electrons. The number of rotatable bonds is 6. The van der Waals surface area contributed by atoms with Crippen LogP contribution in [0.3, 0.4) is 0 Å². The zero-order valence-electron chi connectivity index (χ0n) is 13.9. The normalized spacial score (nSPS) is 21.2. The summed E-state index contributed by atoms with van der Waals surface area (Å²) in [4.78, 5) is 30.3. The lowest BCUT2D eigenvalue weighted by Crippen LogP contribution is -2.59. The maximum atomic E-state index is 12.6. The molecule has 25 heavy (non-hydrogen) atoms. The molecule has 1 atom stereocenters. The van der Waals surface area contributed by atoms with Gasteiger partial charge in [-0.1, -0.05) is 0 Å². The number of aromatic nitrogens is 2. The Morgan fingerprint density at radius 3 is 2.76 bits per heavy atom. The van der Waals surface area contributed by atoms with Crippen molar-refractivity contribution in [2.75, 3.05) is 33.4 Å². The number of imidazole rings is 1. The van der Waals surface area contributed by atoms with E-state index in [9.17, 15) is 22.8 Å². The highest BCUT2D eigenvalue weighted by Crippen LogP contribution is 2.30. The van der Waals surface area contributed by atoms with Gasteiger partial charge in [-0.15, -0.1) is 0 Å². The Balaban J connectivity index is 2.21. The fraction of sp³-hybridized carbons (Fsp3) is 0.667. The maximum absolute atomic E-state index is 12.6. The van der Waals surface area contributed by atoms with Gasteiger partial charge in [0.1, 0.15) is 12.1 Å². The summed E-state index contributed by atoms with van der Waals surface area (Å²) in [5.41, 5.74) is -1.30. The molecule has 10 heteroatoms.